The molecule has 0 saturated heterocycles. The zero-order valence-corrected chi connectivity index (χ0v) is 13.3. The Morgan fingerprint density at radius 2 is 2.14 bits per heavy atom. The van der Waals surface area contributed by atoms with Crippen molar-refractivity contribution in [1.82, 2.24) is 4.90 Å². The summed E-state index contributed by atoms with van der Waals surface area (Å²) in [4.78, 5) is 24.6. The Bertz CT molecular complexity index is 647. The quantitative estimate of drug-likeness (QED) is 0.615. The summed E-state index contributed by atoms with van der Waals surface area (Å²) in [6.07, 6.45) is 1.71. The number of nitro benzene ring substituents is 1. The van der Waals surface area contributed by atoms with E-state index in [4.69, 9.17) is 0 Å². The number of nitrogens with zero attached hydrogens (tertiary/aromatic N) is 3. The van der Waals surface area contributed by atoms with Gasteiger partial charge in [-0.25, -0.2) is 0 Å². The number of halogens is 1. The van der Waals surface area contributed by atoms with E-state index in [1.54, 1.807) is 13.8 Å². The van der Waals surface area contributed by atoms with Gasteiger partial charge in [-0.05, 0) is 54.8 Å². The zero-order valence-electron chi connectivity index (χ0n) is 11.7. The summed E-state index contributed by atoms with van der Waals surface area (Å²) in [5, 5.41) is 20.2. The number of nitriles is 1. The molecule has 0 radical (unpaired) electrons. The number of carbonyl (C=O) groups is 1. The van der Waals surface area contributed by atoms with Crippen LogP contribution in [0.4, 0.5) is 5.69 Å². The summed E-state index contributed by atoms with van der Waals surface area (Å²) in [6, 6.07) is 6.42. The van der Waals surface area contributed by atoms with Crippen LogP contribution in [0.15, 0.2) is 22.7 Å². The Kier molecular flexibility index (Phi) is 4.01. The maximum atomic E-state index is 12.7. The first kappa shape index (κ1) is 15.4. The molecule has 0 atom stereocenters. The van der Waals surface area contributed by atoms with Crippen molar-refractivity contribution in [2.75, 3.05) is 0 Å². The van der Waals surface area contributed by atoms with Crippen LogP contribution in [0.3, 0.4) is 0 Å². The second-order valence-corrected chi connectivity index (χ2v) is 6.35. The molecular weight excluding hydrogens is 338 g/mol. The molecule has 6 nitrogen and oxygen atoms in total. The fourth-order valence-electron chi connectivity index (χ4n) is 2.19. The van der Waals surface area contributed by atoms with Gasteiger partial charge < -0.3 is 4.90 Å². The molecule has 0 heterocycles. The highest BCUT2D eigenvalue weighted by Crippen LogP contribution is 2.35. The van der Waals surface area contributed by atoms with Crippen molar-refractivity contribution in [3.05, 3.63) is 38.3 Å². The van der Waals surface area contributed by atoms with Crippen molar-refractivity contribution >= 4 is 27.5 Å². The molecule has 1 saturated carbocycles. The minimum absolute atomic E-state index is 0.0369. The second-order valence-electron chi connectivity index (χ2n) is 5.50. The third-order valence-corrected chi connectivity index (χ3v) is 4.07. The van der Waals surface area contributed by atoms with Crippen LogP contribution >= 0.6 is 15.9 Å². The van der Waals surface area contributed by atoms with Gasteiger partial charge in [0.05, 0.1) is 15.5 Å². The molecule has 1 aromatic rings. The number of carbonyl (C=O) groups excluding carboxylic acids is 1. The lowest BCUT2D eigenvalue weighted by Crippen LogP contribution is -2.48. The molecule has 0 spiro atoms. The van der Waals surface area contributed by atoms with Crippen LogP contribution in [0.1, 0.15) is 37.0 Å². The van der Waals surface area contributed by atoms with Gasteiger partial charge in [-0.1, -0.05) is 0 Å². The average Bonchev–Trinajstić information content (AvgIpc) is 3.23. The molecule has 0 unspecified atom stereocenters. The number of hydrogen-bond acceptors (Lipinski definition) is 4. The summed E-state index contributed by atoms with van der Waals surface area (Å²) < 4.78 is 0.321. The Labute approximate surface area is 130 Å². The van der Waals surface area contributed by atoms with E-state index in [-0.39, 0.29) is 23.2 Å². The van der Waals surface area contributed by atoms with Gasteiger partial charge in [0.15, 0.2) is 0 Å². The molecule has 0 N–H and O–H groups in total. The van der Waals surface area contributed by atoms with Crippen LogP contribution in [-0.4, -0.2) is 27.3 Å². The molecule has 0 aliphatic heterocycles. The van der Waals surface area contributed by atoms with Gasteiger partial charge in [0.1, 0.15) is 5.54 Å². The number of amides is 1. The lowest BCUT2D eigenvalue weighted by Gasteiger charge is -2.33. The van der Waals surface area contributed by atoms with E-state index in [0.717, 1.165) is 12.8 Å². The van der Waals surface area contributed by atoms with Gasteiger partial charge in [-0.2, -0.15) is 5.26 Å². The first-order valence-electron chi connectivity index (χ1n) is 6.47. The highest BCUT2D eigenvalue weighted by Gasteiger charge is 2.42. The molecule has 1 fully saturated rings. The van der Waals surface area contributed by atoms with Gasteiger partial charge >= 0.3 is 0 Å². The average molecular weight is 352 g/mol. The molecule has 110 valence electrons. The molecule has 7 heteroatoms. The third kappa shape index (κ3) is 3.05. The first-order valence-corrected chi connectivity index (χ1v) is 7.26. The number of benzene rings is 1. The summed E-state index contributed by atoms with van der Waals surface area (Å²) in [5.41, 5.74) is -0.883. The molecule has 21 heavy (non-hydrogen) atoms. The summed E-state index contributed by atoms with van der Waals surface area (Å²) >= 11 is 3.09. The molecule has 0 aromatic heterocycles. The Morgan fingerprint density at radius 1 is 1.52 bits per heavy atom. The minimum atomic E-state index is -0.944. The maximum Gasteiger partial charge on any atom is 0.284 e. The standard InChI is InChI=1S/C14H14BrN3O3/c1-14(2,8-16)17(10-4-5-10)13(19)9-3-6-11(15)12(7-9)18(20)21/h3,6-7,10H,4-5H2,1-2H3. The van der Waals surface area contributed by atoms with Crippen LogP contribution in [0, 0.1) is 21.4 Å². The van der Waals surface area contributed by atoms with Crippen LogP contribution in [0.2, 0.25) is 0 Å². The summed E-state index contributed by atoms with van der Waals surface area (Å²) in [6.45, 7) is 3.35. The van der Waals surface area contributed by atoms with E-state index in [9.17, 15) is 20.2 Å². The topological polar surface area (TPSA) is 87.2 Å². The van der Waals surface area contributed by atoms with Crippen molar-refractivity contribution < 1.29 is 9.72 Å². The van der Waals surface area contributed by atoms with E-state index >= 15 is 0 Å². The van der Waals surface area contributed by atoms with Gasteiger partial charge in [0.25, 0.3) is 11.6 Å². The SMILES string of the molecule is CC(C)(C#N)N(C(=O)c1ccc(Br)c([N+](=O)[O-])c1)C1CC1. The van der Waals surface area contributed by atoms with E-state index in [0.29, 0.717) is 4.47 Å². The molecule has 1 aliphatic carbocycles. The van der Waals surface area contributed by atoms with Crippen LogP contribution in [-0.2, 0) is 0 Å². The van der Waals surface area contributed by atoms with Crippen LogP contribution in [0.5, 0.6) is 0 Å². The van der Waals surface area contributed by atoms with Crippen molar-refractivity contribution in [3.8, 4) is 6.07 Å². The molecule has 0 bridgehead atoms. The first-order chi connectivity index (χ1) is 9.77. The highest BCUT2D eigenvalue weighted by molar-refractivity contribution is 9.10. The fraction of sp³-hybridized carbons (Fsp3) is 0.429. The largest absolute Gasteiger partial charge is 0.317 e. The van der Waals surface area contributed by atoms with E-state index < -0.39 is 10.5 Å². The monoisotopic (exact) mass is 351 g/mol. The van der Waals surface area contributed by atoms with Crippen molar-refractivity contribution in [1.29, 1.82) is 5.26 Å². The summed E-state index contributed by atoms with van der Waals surface area (Å²) in [7, 11) is 0. The van der Waals surface area contributed by atoms with E-state index in [1.807, 2.05) is 0 Å². The van der Waals surface area contributed by atoms with Crippen LogP contribution in [0.25, 0.3) is 0 Å². The lowest BCUT2D eigenvalue weighted by molar-refractivity contribution is -0.385. The molecule has 1 aliphatic rings. The normalized spacial score (nSPS) is 14.4. The lowest BCUT2D eigenvalue weighted by atomic mass is 10.0. The number of nitro groups is 1. The highest BCUT2D eigenvalue weighted by atomic mass is 79.9. The minimum Gasteiger partial charge on any atom is -0.317 e. The smallest absolute Gasteiger partial charge is 0.284 e. The van der Waals surface area contributed by atoms with Gasteiger partial charge in [-0.3, -0.25) is 14.9 Å². The van der Waals surface area contributed by atoms with Crippen molar-refractivity contribution in [2.45, 2.75) is 38.3 Å². The third-order valence-electron chi connectivity index (χ3n) is 3.40. The fourth-order valence-corrected chi connectivity index (χ4v) is 2.58. The van der Waals surface area contributed by atoms with Crippen molar-refractivity contribution in [3.63, 3.8) is 0 Å². The van der Waals surface area contributed by atoms with Crippen LogP contribution < -0.4 is 0 Å². The maximum absolute atomic E-state index is 12.7. The molecule has 1 aromatic carbocycles. The Hall–Kier alpha value is -1.94. The van der Waals surface area contributed by atoms with E-state index in [1.165, 1.54) is 23.1 Å². The summed E-state index contributed by atoms with van der Waals surface area (Å²) in [5.74, 6) is -0.348. The molecular formula is C14H14BrN3O3. The molecule has 2 rings (SSSR count). The van der Waals surface area contributed by atoms with Crippen molar-refractivity contribution in [2.24, 2.45) is 0 Å². The Balaban J connectivity index is 2.41. The predicted molar refractivity (Wildman–Crippen MR) is 79.7 cm³/mol. The zero-order chi connectivity index (χ0) is 15.8. The number of hydrogen-bond donors (Lipinski definition) is 0. The predicted octanol–water partition coefficient (Wildman–Crippen LogP) is 3.26. The van der Waals surface area contributed by atoms with Gasteiger partial charge in [-0.15, -0.1) is 0 Å². The van der Waals surface area contributed by atoms with Gasteiger partial charge in [0, 0.05) is 17.7 Å². The van der Waals surface area contributed by atoms with E-state index in [2.05, 4.69) is 22.0 Å². The Morgan fingerprint density at radius 3 is 2.62 bits per heavy atom. The van der Waals surface area contributed by atoms with Gasteiger partial charge in [0.2, 0.25) is 0 Å². The molecule has 1 amide bonds. The second kappa shape index (κ2) is 5.45. The number of rotatable bonds is 4.